The first-order valence-corrected chi connectivity index (χ1v) is 3.39. The van der Waals surface area contributed by atoms with E-state index < -0.39 is 18.0 Å². The van der Waals surface area contributed by atoms with E-state index in [0.717, 1.165) is 0 Å². The summed E-state index contributed by atoms with van der Waals surface area (Å²) in [4.78, 5) is 10.9. The maximum atomic E-state index is 10.9. The van der Waals surface area contributed by atoms with Gasteiger partial charge in [0.15, 0.2) is 6.29 Å². The summed E-state index contributed by atoms with van der Waals surface area (Å²) < 4.78 is 14.7. The third kappa shape index (κ3) is 1.34. The molecule has 1 rings (SSSR count). The molecule has 0 fully saturated rings. The van der Waals surface area contributed by atoms with Crippen molar-refractivity contribution in [3.8, 4) is 0 Å². The molecule has 0 saturated carbocycles. The molecule has 0 unspecified atom stereocenters. The number of rotatable bonds is 3. The van der Waals surface area contributed by atoms with Crippen LogP contribution in [0, 0.1) is 0 Å². The molecule has 0 aromatic rings. The van der Waals surface area contributed by atoms with E-state index in [9.17, 15) is 4.79 Å². The lowest BCUT2D eigenvalue weighted by atomic mass is 10.2. The van der Waals surface area contributed by atoms with Crippen LogP contribution in [0.5, 0.6) is 0 Å². The van der Waals surface area contributed by atoms with E-state index in [4.69, 9.17) is 19.9 Å². The van der Waals surface area contributed by atoms with Gasteiger partial charge in [0.2, 0.25) is 0 Å². The predicted molar refractivity (Wildman–Crippen MR) is 40.0 cm³/mol. The number of carbonyl (C=O) groups is 1. The number of methoxy groups -OCH3 is 2. The average Bonchev–Trinajstić information content (AvgIpc) is 2.48. The fourth-order valence-corrected chi connectivity index (χ4v) is 0.940. The molecule has 0 aromatic heterocycles. The molecule has 0 aromatic carbocycles. The zero-order chi connectivity index (χ0) is 9.19. The average molecular weight is 173 g/mol. The van der Waals surface area contributed by atoms with Gasteiger partial charge in [0.25, 0.3) is 11.7 Å². The van der Waals surface area contributed by atoms with Crippen LogP contribution in [-0.4, -0.2) is 32.2 Å². The Morgan fingerprint density at radius 1 is 1.67 bits per heavy atom. The monoisotopic (exact) mass is 173 g/mol. The molecule has 12 heavy (non-hydrogen) atoms. The summed E-state index contributed by atoms with van der Waals surface area (Å²) in [7, 11) is 2.80. The van der Waals surface area contributed by atoms with Crippen molar-refractivity contribution in [1.29, 1.82) is 0 Å². The van der Waals surface area contributed by atoms with Crippen LogP contribution in [0.25, 0.3) is 0 Å². The number of nitrogens with two attached hydrogens (primary N) is 1. The Labute approximate surface area is 70.1 Å². The first-order valence-electron chi connectivity index (χ1n) is 3.39. The van der Waals surface area contributed by atoms with Crippen LogP contribution in [-0.2, 0) is 19.0 Å². The summed E-state index contributed by atoms with van der Waals surface area (Å²) >= 11 is 0. The van der Waals surface area contributed by atoms with Crippen molar-refractivity contribution in [2.45, 2.75) is 12.1 Å². The minimum atomic E-state index is -1.46. The summed E-state index contributed by atoms with van der Waals surface area (Å²) in [6.45, 7) is 0. The zero-order valence-corrected chi connectivity index (χ0v) is 6.94. The normalized spacial score (nSPS) is 34.0. The fraction of sp³-hybridized carbons (Fsp3) is 0.571. The summed E-state index contributed by atoms with van der Waals surface area (Å²) in [6, 6.07) is 0. The smallest absolute Gasteiger partial charge is 0.282 e. The Hall–Kier alpha value is -0.910. The van der Waals surface area contributed by atoms with Gasteiger partial charge in [0, 0.05) is 14.2 Å². The molecule has 5 heteroatoms. The molecule has 1 amide bonds. The maximum absolute atomic E-state index is 10.9. The number of primary amides is 1. The van der Waals surface area contributed by atoms with Crippen molar-refractivity contribution >= 4 is 5.91 Å². The predicted octanol–water partition coefficient (Wildman–Crippen LogP) is -0.627. The van der Waals surface area contributed by atoms with Gasteiger partial charge in [-0.3, -0.25) is 4.79 Å². The van der Waals surface area contributed by atoms with E-state index in [0.29, 0.717) is 0 Å². The molecule has 5 nitrogen and oxygen atoms in total. The van der Waals surface area contributed by atoms with Crippen molar-refractivity contribution in [3.63, 3.8) is 0 Å². The van der Waals surface area contributed by atoms with Gasteiger partial charge in [-0.25, -0.2) is 0 Å². The van der Waals surface area contributed by atoms with Gasteiger partial charge in [-0.1, -0.05) is 0 Å². The van der Waals surface area contributed by atoms with Gasteiger partial charge in [0.05, 0.1) is 0 Å². The van der Waals surface area contributed by atoms with Gasteiger partial charge in [-0.05, 0) is 12.2 Å². The van der Waals surface area contributed by atoms with Crippen LogP contribution < -0.4 is 5.73 Å². The highest BCUT2D eigenvalue weighted by Crippen LogP contribution is 2.23. The second-order valence-corrected chi connectivity index (χ2v) is 2.32. The summed E-state index contributed by atoms with van der Waals surface area (Å²) in [5.41, 5.74) is 5.06. The van der Waals surface area contributed by atoms with Gasteiger partial charge in [-0.2, -0.15) is 0 Å². The lowest BCUT2D eigenvalue weighted by Gasteiger charge is -2.22. The second-order valence-electron chi connectivity index (χ2n) is 2.32. The Morgan fingerprint density at radius 3 is 2.58 bits per heavy atom. The number of carbonyl (C=O) groups excluding carboxylic acids is 1. The number of hydrogen-bond donors (Lipinski definition) is 1. The van der Waals surface area contributed by atoms with Gasteiger partial charge < -0.3 is 19.9 Å². The third-order valence-electron chi connectivity index (χ3n) is 1.64. The molecule has 0 spiro atoms. The third-order valence-corrected chi connectivity index (χ3v) is 1.64. The molecule has 1 aliphatic rings. The molecular weight excluding hydrogens is 162 g/mol. The van der Waals surface area contributed by atoms with E-state index in [1.807, 2.05) is 0 Å². The van der Waals surface area contributed by atoms with Crippen molar-refractivity contribution in [2.75, 3.05) is 14.2 Å². The number of ether oxygens (including phenoxy) is 3. The SMILES string of the molecule is CO[C@H]1C=C[C@@](OC)(C(N)=O)O1. The molecule has 0 radical (unpaired) electrons. The van der Waals surface area contributed by atoms with Crippen molar-refractivity contribution in [1.82, 2.24) is 0 Å². The molecule has 0 aliphatic carbocycles. The largest absolute Gasteiger partial charge is 0.365 e. The van der Waals surface area contributed by atoms with E-state index in [2.05, 4.69) is 0 Å². The Morgan fingerprint density at radius 2 is 2.33 bits per heavy atom. The van der Waals surface area contributed by atoms with E-state index in [-0.39, 0.29) is 0 Å². The van der Waals surface area contributed by atoms with Crippen LogP contribution in [0.4, 0.5) is 0 Å². The summed E-state index contributed by atoms with van der Waals surface area (Å²) in [5.74, 6) is -2.15. The molecule has 1 heterocycles. The highest BCUT2D eigenvalue weighted by molar-refractivity contribution is 5.84. The molecule has 68 valence electrons. The van der Waals surface area contributed by atoms with Crippen molar-refractivity contribution < 1.29 is 19.0 Å². The standard InChI is InChI=1S/C7H11NO4/c1-10-5-3-4-7(11-2,12-5)6(8)9/h3-5H,1-2H3,(H2,8,9)/t5-,7+/m1/s1. The number of amides is 1. The van der Waals surface area contributed by atoms with Crippen molar-refractivity contribution in [2.24, 2.45) is 5.73 Å². The van der Waals surface area contributed by atoms with Crippen LogP contribution in [0.3, 0.4) is 0 Å². The van der Waals surface area contributed by atoms with E-state index >= 15 is 0 Å². The minimum absolute atomic E-state index is 0.572. The Balaban J connectivity index is 2.74. The Kier molecular flexibility index (Phi) is 2.46. The van der Waals surface area contributed by atoms with Gasteiger partial charge in [-0.15, -0.1) is 0 Å². The lowest BCUT2D eigenvalue weighted by Crippen LogP contribution is -2.45. The topological polar surface area (TPSA) is 70.8 Å². The second kappa shape index (κ2) is 3.22. The first-order chi connectivity index (χ1) is 5.64. The molecule has 0 bridgehead atoms. The van der Waals surface area contributed by atoms with Gasteiger partial charge >= 0.3 is 0 Å². The van der Waals surface area contributed by atoms with Crippen LogP contribution in [0.15, 0.2) is 12.2 Å². The molecular formula is C7H11NO4. The van der Waals surface area contributed by atoms with E-state index in [1.165, 1.54) is 20.3 Å². The fourth-order valence-electron chi connectivity index (χ4n) is 0.940. The van der Waals surface area contributed by atoms with Crippen molar-refractivity contribution in [3.05, 3.63) is 12.2 Å². The highest BCUT2D eigenvalue weighted by atomic mass is 16.8. The quantitative estimate of drug-likeness (QED) is 0.577. The molecule has 2 N–H and O–H groups in total. The first kappa shape index (κ1) is 9.18. The van der Waals surface area contributed by atoms with E-state index in [1.54, 1.807) is 6.08 Å². The van der Waals surface area contributed by atoms with Gasteiger partial charge in [0.1, 0.15) is 0 Å². The zero-order valence-electron chi connectivity index (χ0n) is 6.94. The highest BCUT2D eigenvalue weighted by Gasteiger charge is 2.41. The Bertz CT molecular complexity index is 215. The van der Waals surface area contributed by atoms with Crippen LogP contribution in [0.2, 0.25) is 0 Å². The molecule has 1 aliphatic heterocycles. The van der Waals surface area contributed by atoms with Crippen LogP contribution >= 0.6 is 0 Å². The number of hydrogen-bond acceptors (Lipinski definition) is 4. The molecule has 2 atom stereocenters. The summed E-state index contributed by atoms with van der Waals surface area (Å²) in [6.07, 6.45) is 2.43. The minimum Gasteiger partial charge on any atom is -0.365 e. The molecule has 0 saturated heterocycles. The maximum Gasteiger partial charge on any atom is 0.282 e. The van der Waals surface area contributed by atoms with Crippen LogP contribution in [0.1, 0.15) is 0 Å². The lowest BCUT2D eigenvalue weighted by molar-refractivity contribution is -0.233. The summed E-state index contributed by atoms with van der Waals surface area (Å²) in [5, 5.41) is 0.